The van der Waals surface area contributed by atoms with Crippen LogP contribution in [0.1, 0.15) is 49.0 Å². The lowest BCUT2D eigenvalue weighted by Gasteiger charge is -2.25. The van der Waals surface area contributed by atoms with Gasteiger partial charge in [0.2, 0.25) is 5.95 Å². The first-order chi connectivity index (χ1) is 16.9. The van der Waals surface area contributed by atoms with Gasteiger partial charge in [-0.3, -0.25) is 4.79 Å². The third kappa shape index (κ3) is 5.80. The van der Waals surface area contributed by atoms with Crippen LogP contribution in [0.15, 0.2) is 36.4 Å². The average molecular weight is 496 g/mol. The van der Waals surface area contributed by atoms with E-state index in [9.17, 15) is 4.79 Å². The number of ether oxygens (including phenoxy) is 1. The Labute approximate surface area is 209 Å². The molecular formula is C25H30ClN7O2. The molecule has 1 unspecified atom stereocenters. The highest BCUT2D eigenvalue weighted by Gasteiger charge is 2.18. The number of nitrogens with zero attached hydrogens (tertiary/aromatic N) is 3. The van der Waals surface area contributed by atoms with Crippen molar-refractivity contribution in [2.24, 2.45) is 7.05 Å². The lowest BCUT2D eigenvalue weighted by atomic mass is 10.1. The van der Waals surface area contributed by atoms with Gasteiger partial charge < -0.3 is 26.1 Å². The molecule has 1 aliphatic rings. The number of benzene rings is 2. The molecule has 184 valence electrons. The Balaban J connectivity index is 1.51. The van der Waals surface area contributed by atoms with Gasteiger partial charge in [-0.1, -0.05) is 23.7 Å². The van der Waals surface area contributed by atoms with Crippen molar-refractivity contribution in [1.29, 1.82) is 5.41 Å². The molecule has 0 bridgehead atoms. The largest absolute Gasteiger partial charge is 0.360 e. The van der Waals surface area contributed by atoms with Gasteiger partial charge in [0.25, 0.3) is 5.91 Å². The molecule has 1 atom stereocenters. The van der Waals surface area contributed by atoms with Crippen LogP contribution >= 0.6 is 11.6 Å². The second-order valence-corrected chi connectivity index (χ2v) is 9.12. The number of carbonyl (C=O) groups is 1. The summed E-state index contributed by atoms with van der Waals surface area (Å²) in [6.07, 6.45) is 4.24. The van der Waals surface area contributed by atoms with Gasteiger partial charge in [-0.25, -0.2) is 4.68 Å². The fourth-order valence-electron chi connectivity index (χ4n) is 3.84. The molecule has 2 aromatic carbocycles. The monoisotopic (exact) mass is 495 g/mol. The minimum Gasteiger partial charge on any atom is -0.360 e. The SMILES string of the molecule is CC(C)NC(=O)c1ccc(-c2nc(Nc3ccc(NC4CCCCO4)c(C=N)c3Cl)n(C)n2)cc1. The summed E-state index contributed by atoms with van der Waals surface area (Å²) in [7, 11) is 1.78. The van der Waals surface area contributed by atoms with Crippen LogP contribution in [0, 0.1) is 5.41 Å². The number of aryl methyl sites for hydroxylation is 1. The molecule has 3 aromatic rings. The molecule has 35 heavy (non-hydrogen) atoms. The topological polar surface area (TPSA) is 117 Å². The summed E-state index contributed by atoms with van der Waals surface area (Å²) in [6.45, 7) is 4.57. The Morgan fingerprint density at radius 2 is 1.94 bits per heavy atom. The van der Waals surface area contributed by atoms with Gasteiger partial charge >= 0.3 is 0 Å². The molecule has 10 heteroatoms. The molecule has 4 rings (SSSR count). The predicted molar refractivity (Wildman–Crippen MR) is 139 cm³/mol. The zero-order chi connectivity index (χ0) is 24.9. The number of rotatable bonds is 8. The number of amides is 1. The maximum atomic E-state index is 12.2. The van der Waals surface area contributed by atoms with E-state index in [-0.39, 0.29) is 18.2 Å². The van der Waals surface area contributed by atoms with Crippen LogP contribution in [0.2, 0.25) is 5.02 Å². The van der Waals surface area contributed by atoms with E-state index in [0.29, 0.717) is 33.6 Å². The number of aromatic nitrogens is 3. The van der Waals surface area contributed by atoms with Crippen molar-refractivity contribution in [3.8, 4) is 11.4 Å². The third-order valence-electron chi connectivity index (χ3n) is 5.65. The summed E-state index contributed by atoms with van der Waals surface area (Å²) in [5.41, 5.74) is 3.30. The number of hydrogen-bond donors (Lipinski definition) is 4. The standard InChI is InChI=1S/C25H30ClN7O2/c1-15(2)28-24(34)17-9-7-16(8-10-17)23-31-25(33(3)32-23)30-20-12-11-19(18(14-27)22(20)26)29-21-6-4-5-13-35-21/h7-12,14-15,21,27,29H,4-6,13H2,1-3H3,(H,28,34)(H,30,31,32). The van der Waals surface area contributed by atoms with Gasteiger partial charge in [0, 0.05) is 48.3 Å². The van der Waals surface area contributed by atoms with E-state index >= 15 is 0 Å². The normalized spacial score (nSPS) is 15.6. The average Bonchev–Trinajstić information content (AvgIpc) is 3.21. The Kier molecular flexibility index (Phi) is 7.67. The highest BCUT2D eigenvalue weighted by Crippen LogP contribution is 2.33. The fraction of sp³-hybridized carbons (Fsp3) is 0.360. The summed E-state index contributed by atoms with van der Waals surface area (Å²) < 4.78 is 7.38. The van der Waals surface area contributed by atoms with E-state index in [2.05, 4.69) is 26.0 Å². The lowest BCUT2D eigenvalue weighted by Crippen LogP contribution is -2.29. The second-order valence-electron chi connectivity index (χ2n) is 8.75. The molecule has 9 nitrogen and oxygen atoms in total. The van der Waals surface area contributed by atoms with Crippen LogP contribution in [0.25, 0.3) is 11.4 Å². The van der Waals surface area contributed by atoms with Crippen LogP contribution in [0.5, 0.6) is 0 Å². The summed E-state index contributed by atoms with van der Waals surface area (Å²) in [4.78, 5) is 16.8. The van der Waals surface area contributed by atoms with Gasteiger partial charge in [0.15, 0.2) is 5.82 Å². The predicted octanol–water partition coefficient (Wildman–Crippen LogP) is 4.95. The van der Waals surface area contributed by atoms with Gasteiger partial charge in [0.05, 0.1) is 10.7 Å². The van der Waals surface area contributed by atoms with Crippen LogP contribution in [-0.2, 0) is 11.8 Å². The molecule has 1 aliphatic heterocycles. The minimum atomic E-state index is -0.118. The minimum absolute atomic E-state index is 0.0682. The zero-order valence-electron chi connectivity index (χ0n) is 20.1. The van der Waals surface area contributed by atoms with E-state index in [4.69, 9.17) is 21.7 Å². The van der Waals surface area contributed by atoms with Gasteiger partial charge in [-0.15, -0.1) is 5.10 Å². The molecular weight excluding hydrogens is 466 g/mol. The highest BCUT2D eigenvalue weighted by molar-refractivity contribution is 6.36. The first-order valence-corrected chi connectivity index (χ1v) is 12.0. The lowest BCUT2D eigenvalue weighted by molar-refractivity contribution is 0.0343. The van der Waals surface area contributed by atoms with Gasteiger partial charge in [-0.2, -0.15) is 4.98 Å². The maximum Gasteiger partial charge on any atom is 0.251 e. The van der Waals surface area contributed by atoms with Crippen molar-refractivity contribution in [2.45, 2.75) is 45.4 Å². The summed E-state index contributed by atoms with van der Waals surface area (Å²) in [6, 6.07) is 10.9. The van der Waals surface area contributed by atoms with Crippen molar-refractivity contribution >= 4 is 41.0 Å². The van der Waals surface area contributed by atoms with Gasteiger partial charge in [-0.05, 0) is 57.4 Å². The molecule has 0 aliphatic carbocycles. The zero-order valence-corrected chi connectivity index (χ0v) is 20.8. The number of halogens is 1. The van der Waals surface area contributed by atoms with Crippen LogP contribution in [0.4, 0.5) is 17.3 Å². The summed E-state index contributed by atoms with van der Waals surface area (Å²) in [5, 5.41) is 22.2. The first-order valence-electron chi connectivity index (χ1n) is 11.7. The Bertz CT molecular complexity index is 1200. The maximum absolute atomic E-state index is 12.2. The fourth-order valence-corrected chi connectivity index (χ4v) is 4.10. The van der Waals surface area contributed by atoms with E-state index in [1.54, 1.807) is 23.9 Å². The Morgan fingerprint density at radius 1 is 1.20 bits per heavy atom. The first kappa shape index (κ1) is 24.7. The smallest absolute Gasteiger partial charge is 0.251 e. The Morgan fingerprint density at radius 3 is 2.60 bits per heavy atom. The Hall–Kier alpha value is -3.43. The van der Waals surface area contributed by atoms with E-state index in [0.717, 1.165) is 37.1 Å². The van der Waals surface area contributed by atoms with Crippen molar-refractivity contribution in [2.75, 3.05) is 17.2 Å². The molecule has 4 N–H and O–H groups in total. The van der Waals surface area contributed by atoms with E-state index < -0.39 is 0 Å². The molecule has 0 radical (unpaired) electrons. The van der Waals surface area contributed by atoms with Crippen LogP contribution in [-0.4, -0.2) is 45.8 Å². The molecule has 1 saturated heterocycles. The number of anilines is 3. The van der Waals surface area contributed by atoms with Crippen molar-refractivity contribution in [3.63, 3.8) is 0 Å². The van der Waals surface area contributed by atoms with Crippen molar-refractivity contribution in [1.82, 2.24) is 20.1 Å². The number of carbonyl (C=O) groups excluding carboxylic acids is 1. The van der Waals surface area contributed by atoms with Crippen molar-refractivity contribution < 1.29 is 9.53 Å². The molecule has 1 aromatic heterocycles. The number of nitrogens with one attached hydrogen (secondary N) is 4. The molecule has 1 fully saturated rings. The summed E-state index contributed by atoms with van der Waals surface area (Å²) in [5.74, 6) is 0.894. The summed E-state index contributed by atoms with van der Waals surface area (Å²) >= 11 is 6.65. The molecule has 0 spiro atoms. The third-order valence-corrected chi connectivity index (χ3v) is 6.06. The van der Waals surface area contributed by atoms with E-state index in [1.807, 2.05) is 38.1 Å². The van der Waals surface area contributed by atoms with Crippen LogP contribution < -0.4 is 16.0 Å². The van der Waals surface area contributed by atoms with Gasteiger partial charge in [0.1, 0.15) is 6.23 Å². The van der Waals surface area contributed by atoms with Crippen LogP contribution in [0.3, 0.4) is 0 Å². The molecule has 2 heterocycles. The highest BCUT2D eigenvalue weighted by atomic mass is 35.5. The molecule has 0 saturated carbocycles. The van der Waals surface area contributed by atoms with Crippen molar-refractivity contribution in [3.05, 3.63) is 52.5 Å². The molecule has 1 amide bonds. The quantitative estimate of drug-likeness (QED) is 0.328. The second kappa shape index (κ2) is 10.9. The number of hydrogen-bond acceptors (Lipinski definition) is 7. The van der Waals surface area contributed by atoms with E-state index in [1.165, 1.54) is 6.21 Å².